The first kappa shape index (κ1) is 15.9. The van der Waals surface area contributed by atoms with E-state index in [1.54, 1.807) is 11.8 Å². The smallest absolute Gasteiger partial charge is 0.251 e. The molecule has 0 atom stereocenters. The van der Waals surface area contributed by atoms with E-state index < -0.39 is 0 Å². The van der Waals surface area contributed by atoms with Gasteiger partial charge in [0.15, 0.2) is 5.16 Å². The van der Waals surface area contributed by atoms with Gasteiger partial charge in [0.25, 0.3) is 5.91 Å². The number of carbonyl (C=O) groups is 1. The average molecular weight is 346 g/mol. The van der Waals surface area contributed by atoms with Gasteiger partial charge >= 0.3 is 0 Å². The summed E-state index contributed by atoms with van der Waals surface area (Å²) in [4.78, 5) is 19.7. The minimum atomic E-state index is -0.0537. The third-order valence-corrected chi connectivity index (χ3v) is 4.47. The maximum atomic E-state index is 12.0. The van der Waals surface area contributed by atoms with Crippen LogP contribution < -0.4 is 5.32 Å². The van der Waals surface area contributed by atoms with Crippen LogP contribution in [0.4, 0.5) is 0 Å². The summed E-state index contributed by atoms with van der Waals surface area (Å²) in [5, 5.41) is 4.41. The van der Waals surface area contributed by atoms with E-state index in [4.69, 9.17) is 11.6 Å². The number of halogens is 1. The molecule has 6 heteroatoms. The summed E-state index contributed by atoms with van der Waals surface area (Å²) in [5.41, 5.74) is 3.63. The van der Waals surface area contributed by atoms with E-state index in [9.17, 15) is 4.79 Å². The lowest BCUT2D eigenvalue weighted by molar-refractivity contribution is 0.0956. The number of aryl methyl sites for hydroxylation is 1. The van der Waals surface area contributed by atoms with E-state index in [1.165, 1.54) is 0 Å². The number of fused-ring (bicyclic) bond motifs is 1. The number of H-pyrrole nitrogens is 1. The number of nitrogens with one attached hydrogen (secondary N) is 2. The third-order valence-electron chi connectivity index (χ3n) is 3.36. The Morgan fingerprint density at radius 3 is 2.83 bits per heavy atom. The fraction of sp³-hybridized carbons (Fsp3) is 0.176. The number of aromatic nitrogens is 2. The van der Waals surface area contributed by atoms with Gasteiger partial charge in [0, 0.05) is 22.9 Å². The molecule has 3 rings (SSSR count). The van der Waals surface area contributed by atoms with Crippen LogP contribution in [-0.4, -0.2) is 28.2 Å². The number of thioether (sulfide) groups is 1. The highest BCUT2D eigenvalue weighted by atomic mass is 35.5. The van der Waals surface area contributed by atoms with Crippen LogP contribution in [0.5, 0.6) is 0 Å². The van der Waals surface area contributed by atoms with Crippen molar-refractivity contribution >= 4 is 40.3 Å². The van der Waals surface area contributed by atoms with Gasteiger partial charge in [-0.3, -0.25) is 4.79 Å². The number of carbonyl (C=O) groups excluding carboxylic acids is 1. The van der Waals surface area contributed by atoms with Crippen molar-refractivity contribution < 1.29 is 4.79 Å². The zero-order valence-corrected chi connectivity index (χ0v) is 14.2. The molecular formula is C17H16ClN3OS. The summed E-state index contributed by atoms with van der Waals surface area (Å²) in [6.45, 7) is 2.58. The van der Waals surface area contributed by atoms with Crippen molar-refractivity contribution in [3.63, 3.8) is 0 Å². The Morgan fingerprint density at radius 1 is 1.26 bits per heavy atom. The molecule has 0 radical (unpaired) electrons. The van der Waals surface area contributed by atoms with E-state index in [-0.39, 0.29) is 5.91 Å². The molecule has 0 aliphatic carbocycles. The number of benzene rings is 2. The summed E-state index contributed by atoms with van der Waals surface area (Å²) in [6.07, 6.45) is 0. The first-order valence-electron chi connectivity index (χ1n) is 7.25. The van der Waals surface area contributed by atoms with Crippen LogP contribution in [0, 0.1) is 6.92 Å². The molecule has 0 spiro atoms. The van der Waals surface area contributed by atoms with Gasteiger partial charge in [-0.25, -0.2) is 4.98 Å². The highest BCUT2D eigenvalue weighted by Crippen LogP contribution is 2.21. The molecular weight excluding hydrogens is 330 g/mol. The van der Waals surface area contributed by atoms with E-state index in [0.29, 0.717) is 17.1 Å². The number of imidazole rings is 1. The molecule has 0 saturated carbocycles. The first-order chi connectivity index (χ1) is 11.1. The molecule has 0 aliphatic rings. The molecule has 0 saturated heterocycles. The van der Waals surface area contributed by atoms with Crippen molar-refractivity contribution in [2.45, 2.75) is 12.1 Å². The van der Waals surface area contributed by atoms with Crippen molar-refractivity contribution in [1.29, 1.82) is 0 Å². The van der Waals surface area contributed by atoms with Gasteiger partial charge in [0.2, 0.25) is 0 Å². The molecule has 118 valence electrons. The molecule has 0 aliphatic heterocycles. The average Bonchev–Trinajstić information content (AvgIpc) is 2.94. The molecule has 1 heterocycles. The van der Waals surface area contributed by atoms with Crippen LogP contribution in [0.15, 0.2) is 47.6 Å². The summed E-state index contributed by atoms with van der Waals surface area (Å²) in [6, 6.07) is 13.1. The number of hydrogen-bond acceptors (Lipinski definition) is 3. The van der Waals surface area contributed by atoms with Gasteiger partial charge in [-0.05, 0) is 37.3 Å². The van der Waals surface area contributed by atoms with Gasteiger partial charge in [0.05, 0.1) is 11.0 Å². The van der Waals surface area contributed by atoms with E-state index >= 15 is 0 Å². The van der Waals surface area contributed by atoms with Gasteiger partial charge in [-0.1, -0.05) is 41.1 Å². The molecule has 2 aromatic carbocycles. The van der Waals surface area contributed by atoms with E-state index in [2.05, 4.69) is 15.3 Å². The Hall–Kier alpha value is -1.98. The lowest BCUT2D eigenvalue weighted by Crippen LogP contribution is -2.25. The fourth-order valence-corrected chi connectivity index (χ4v) is 3.05. The highest BCUT2D eigenvalue weighted by molar-refractivity contribution is 7.99. The Bertz CT molecular complexity index is 829. The SMILES string of the molecule is Cc1ccc(C(=O)NCCSc2nc3cc(Cl)ccc3[nH]2)cc1. The summed E-state index contributed by atoms with van der Waals surface area (Å²) in [7, 11) is 0. The predicted octanol–water partition coefficient (Wildman–Crippen LogP) is 4.05. The Balaban J connectivity index is 1.50. The molecule has 0 fully saturated rings. The topological polar surface area (TPSA) is 57.8 Å². The second kappa shape index (κ2) is 7.06. The van der Waals surface area contributed by atoms with Crippen LogP contribution >= 0.6 is 23.4 Å². The van der Waals surface area contributed by atoms with Gasteiger partial charge in [-0.15, -0.1) is 0 Å². The van der Waals surface area contributed by atoms with Crippen LogP contribution in [0.2, 0.25) is 5.02 Å². The number of aromatic amines is 1. The molecule has 3 aromatic rings. The minimum absolute atomic E-state index is 0.0537. The molecule has 0 unspecified atom stereocenters. The highest BCUT2D eigenvalue weighted by Gasteiger charge is 2.06. The lowest BCUT2D eigenvalue weighted by Gasteiger charge is -2.04. The normalized spacial score (nSPS) is 10.9. The van der Waals surface area contributed by atoms with Crippen LogP contribution in [0.3, 0.4) is 0 Å². The zero-order valence-electron chi connectivity index (χ0n) is 12.6. The minimum Gasteiger partial charge on any atom is -0.351 e. The largest absolute Gasteiger partial charge is 0.351 e. The first-order valence-corrected chi connectivity index (χ1v) is 8.61. The Morgan fingerprint density at radius 2 is 2.04 bits per heavy atom. The Kier molecular flexibility index (Phi) is 4.88. The van der Waals surface area contributed by atoms with E-state index in [1.807, 2.05) is 49.4 Å². The van der Waals surface area contributed by atoms with Crippen molar-refractivity contribution in [2.75, 3.05) is 12.3 Å². The van der Waals surface area contributed by atoms with Crippen molar-refractivity contribution in [1.82, 2.24) is 15.3 Å². The van der Waals surface area contributed by atoms with Crippen LogP contribution in [0.25, 0.3) is 11.0 Å². The molecule has 1 amide bonds. The summed E-state index contributed by atoms with van der Waals surface area (Å²) < 4.78 is 0. The van der Waals surface area contributed by atoms with Crippen molar-refractivity contribution in [2.24, 2.45) is 0 Å². The maximum Gasteiger partial charge on any atom is 0.251 e. The van der Waals surface area contributed by atoms with Gasteiger partial charge in [0.1, 0.15) is 0 Å². The maximum absolute atomic E-state index is 12.0. The molecule has 1 aromatic heterocycles. The quantitative estimate of drug-likeness (QED) is 0.542. The fourth-order valence-electron chi connectivity index (χ4n) is 2.14. The zero-order chi connectivity index (χ0) is 16.2. The Labute approximate surface area is 143 Å². The number of rotatable bonds is 5. The van der Waals surface area contributed by atoms with Gasteiger partial charge < -0.3 is 10.3 Å². The third kappa shape index (κ3) is 4.06. The second-order valence-electron chi connectivity index (χ2n) is 5.17. The lowest BCUT2D eigenvalue weighted by atomic mass is 10.1. The van der Waals surface area contributed by atoms with Crippen molar-refractivity contribution in [3.8, 4) is 0 Å². The summed E-state index contributed by atoms with van der Waals surface area (Å²) >= 11 is 7.52. The number of nitrogens with zero attached hydrogens (tertiary/aromatic N) is 1. The molecule has 0 bridgehead atoms. The second-order valence-corrected chi connectivity index (χ2v) is 6.69. The van der Waals surface area contributed by atoms with Crippen LogP contribution in [-0.2, 0) is 0 Å². The molecule has 4 nitrogen and oxygen atoms in total. The monoisotopic (exact) mass is 345 g/mol. The predicted molar refractivity (Wildman–Crippen MR) is 95.3 cm³/mol. The molecule has 2 N–H and O–H groups in total. The van der Waals surface area contributed by atoms with Gasteiger partial charge in [-0.2, -0.15) is 0 Å². The standard InChI is InChI=1S/C17H16ClN3OS/c1-11-2-4-12(5-3-11)16(22)19-8-9-23-17-20-14-7-6-13(18)10-15(14)21-17/h2-7,10H,8-9H2,1H3,(H,19,22)(H,20,21). The van der Waals surface area contributed by atoms with E-state index in [0.717, 1.165) is 27.5 Å². The summed E-state index contributed by atoms with van der Waals surface area (Å²) in [5.74, 6) is 0.688. The van der Waals surface area contributed by atoms with Crippen LogP contribution in [0.1, 0.15) is 15.9 Å². The number of hydrogen-bond donors (Lipinski definition) is 2. The molecule has 23 heavy (non-hydrogen) atoms. The number of amides is 1. The van der Waals surface area contributed by atoms with Crippen molar-refractivity contribution in [3.05, 3.63) is 58.6 Å².